The van der Waals surface area contributed by atoms with Gasteiger partial charge >= 0.3 is 0 Å². The van der Waals surface area contributed by atoms with Crippen LogP contribution in [-0.4, -0.2) is 14.5 Å². The van der Waals surface area contributed by atoms with Crippen molar-refractivity contribution in [3.8, 4) is 50.2 Å². The second-order valence-corrected chi connectivity index (χ2v) is 10.7. The molecule has 0 amide bonds. The predicted octanol–water partition coefficient (Wildman–Crippen LogP) is 9.71. The van der Waals surface area contributed by atoms with Gasteiger partial charge < -0.3 is 0 Å². The zero-order valence-electron chi connectivity index (χ0n) is 22.1. The molecule has 190 valence electrons. The van der Waals surface area contributed by atoms with E-state index in [1.807, 2.05) is 12.3 Å². The van der Waals surface area contributed by atoms with E-state index < -0.39 is 0 Å². The fourth-order valence-electron chi connectivity index (χ4n) is 6.67. The number of hydrogen-bond donors (Lipinski definition) is 0. The van der Waals surface area contributed by atoms with Gasteiger partial charge in [-0.05, 0) is 79.5 Å². The highest BCUT2D eigenvalue weighted by molar-refractivity contribution is 6.18. The number of fused-ring (bicyclic) bond motifs is 6. The van der Waals surface area contributed by atoms with Gasteiger partial charge in [0.2, 0.25) is 0 Å². The summed E-state index contributed by atoms with van der Waals surface area (Å²) in [6, 6.07) is 46.1. The van der Waals surface area contributed by atoms with Crippen molar-refractivity contribution in [2.24, 2.45) is 0 Å². The molecule has 2 aromatic heterocycles. The molecule has 41 heavy (non-hydrogen) atoms. The van der Waals surface area contributed by atoms with E-state index in [1.165, 1.54) is 55.3 Å². The summed E-state index contributed by atoms with van der Waals surface area (Å²) in [7, 11) is 0. The summed E-state index contributed by atoms with van der Waals surface area (Å²) >= 11 is 0. The van der Waals surface area contributed by atoms with Crippen molar-refractivity contribution in [1.82, 2.24) is 14.5 Å². The van der Waals surface area contributed by atoms with E-state index in [1.54, 1.807) is 6.33 Å². The van der Waals surface area contributed by atoms with Crippen LogP contribution in [0.2, 0.25) is 0 Å². The van der Waals surface area contributed by atoms with Gasteiger partial charge in [-0.3, -0.25) is 4.57 Å². The number of aromatic nitrogens is 3. The fraction of sp³-hybridized carbons (Fsp3) is 0. The van der Waals surface area contributed by atoms with E-state index in [2.05, 4.69) is 136 Å². The molecule has 9 rings (SSSR count). The molecule has 3 heteroatoms. The Morgan fingerprint density at radius 3 is 1.98 bits per heavy atom. The lowest BCUT2D eigenvalue weighted by atomic mass is 9.93. The van der Waals surface area contributed by atoms with Gasteiger partial charge in [0.25, 0.3) is 0 Å². The van der Waals surface area contributed by atoms with Gasteiger partial charge in [0, 0.05) is 22.7 Å². The standard InChI is InChI=1S/C38H23N3/c1-2-7-27(8-3-1)41-36-20-17-26(21-34(36)35-22-39-23-40-38(35)41)24-13-15-25(16-14-24)28-18-19-33-30-10-5-4-9-29(30)32-12-6-11-31(28)37(32)33/h1-23H. The molecular formula is C38H23N3. The first-order valence-electron chi connectivity index (χ1n) is 13.9. The van der Waals surface area contributed by atoms with Crippen molar-refractivity contribution in [1.29, 1.82) is 0 Å². The van der Waals surface area contributed by atoms with Crippen molar-refractivity contribution in [2.75, 3.05) is 0 Å². The maximum atomic E-state index is 4.65. The van der Waals surface area contributed by atoms with Gasteiger partial charge in [-0.2, -0.15) is 0 Å². The Kier molecular flexibility index (Phi) is 4.61. The number of nitrogens with zero attached hydrogens (tertiary/aromatic N) is 3. The lowest BCUT2D eigenvalue weighted by molar-refractivity contribution is 1.11. The number of para-hydroxylation sites is 1. The quantitative estimate of drug-likeness (QED) is 0.232. The largest absolute Gasteiger partial charge is 0.294 e. The third-order valence-corrected chi connectivity index (χ3v) is 8.52. The van der Waals surface area contributed by atoms with Gasteiger partial charge in [0.15, 0.2) is 0 Å². The zero-order valence-corrected chi connectivity index (χ0v) is 22.1. The second kappa shape index (κ2) is 8.48. The average molecular weight is 522 g/mol. The van der Waals surface area contributed by atoms with E-state index in [0.717, 1.165) is 27.6 Å². The van der Waals surface area contributed by atoms with Crippen molar-refractivity contribution >= 4 is 32.7 Å². The molecule has 1 aliphatic carbocycles. The van der Waals surface area contributed by atoms with Gasteiger partial charge in [-0.15, -0.1) is 0 Å². The molecule has 0 fully saturated rings. The summed E-state index contributed by atoms with van der Waals surface area (Å²) in [6.45, 7) is 0. The van der Waals surface area contributed by atoms with Gasteiger partial charge in [-0.1, -0.05) is 103 Å². The zero-order chi connectivity index (χ0) is 26.9. The van der Waals surface area contributed by atoms with E-state index in [-0.39, 0.29) is 0 Å². The monoisotopic (exact) mass is 521 g/mol. The molecule has 0 unspecified atom stereocenters. The van der Waals surface area contributed by atoms with Crippen LogP contribution in [-0.2, 0) is 0 Å². The molecule has 0 spiro atoms. The molecule has 0 aliphatic heterocycles. The van der Waals surface area contributed by atoms with Crippen LogP contribution in [0.5, 0.6) is 0 Å². The molecular weight excluding hydrogens is 498 g/mol. The molecule has 8 aromatic rings. The highest BCUT2D eigenvalue weighted by Gasteiger charge is 2.22. The van der Waals surface area contributed by atoms with E-state index in [9.17, 15) is 0 Å². The van der Waals surface area contributed by atoms with E-state index in [4.69, 9.17) is 0 Å². The van der Waals surface area contributed by atoms with Crippen molar-refractivity contribution in [3.63, 3.8) is 0 Å². The predicted molar refractivity (Wildman–Crippen MR) is 169 cm³/mol. The Balaban J connectivity index is 1.15. The Hall–Kier alpha value is -5.54. The molecule has 0 radical (unpaired) electrons. The van der Waals surface area contributed by atoms with Crippen LogP contribution in [0.3, 0.4) is 0 Å². The van der Waals surface area contributed by atoms with Crippen LogP contribution in [0, 0.1) is 0 Å². The summed E-state index contributed by atoms with van der Waals surface area (Å²) in [4.78, 5) is 9.00. The first kappa shape index (κ1) is 22.3. The maximum absolute atomic E-state index is 4.65. The Labute approximate surface area is 237 Å². The molecule has 6 aromatic carbocycles. The van der Waals surface area contributed by atoms with Crippen LogP contribution in [0.4, 0.5) is 0 Å². The van der Waals surface area contributed by atoms with Crippen LogP contribution in [0.1, 0.15) is 0 Å². The third-order valence-electron chi connectivity index (χ3n) is 8.52. The maximum Gasteiger partial charge on any atom is 0.148 e. The smallest absolute Gasteiger partial charge is 0.148 e. The lowest BCUT2D eigenvalue weighted by Crippen LogP contribution is -1.94. The molecule has 0 saturated heterocycles. The summed E-state index contributed by atoms with van der Waals surface area (Å²) < 4.78 is 2.22. The molecule has 0 bridgehead atoms. The van der Waals surface area contributed by atoms with Crippen molar-refractivity contribution in [2.45, 2.75) is 0 Å². The third kappa shape index (κ3) is 3.20. The van der Waals surface area contributed by atoms with Crippen LogP contribution >= 0.6 is 0 Å². The molecule has 0 saturated carbocycles. The first-order valence-corrected chi connectivity index (χ1v) is 13.9. The summed E-state index contributed by atoms with van der Waals surface area (Å²) in [6.07, 6.45) is 3.55. The van der Waals surface area contributed by atoms with E-state index in [0.29, 0.717) is 0 Å². The first-order chi connectivity index (χ1) is 20.3. The number of rotatable bonds is 3. The minimum absolute atomic E-state index is 0.919. The average Bonchev–Trinajstić information content (AvgIpc) is 3.56. The Morgan fingerprint density at radius 2 is 1.15 bits per heavy atom. The summed E-state index contributed by atoms with van der Waals surface area (Å²) in [5.41, 5.74) is 13.3. The minimum atomic E-state index is 0.919. The molecule has 1 aliphatic rings. The summed E-state index contributed by atoms with van der Waals surface area (Å²) in [5, 5.41) is 4.87. The molecule has 0 atom stereocenters. The van der Waals surface area contributed by atoms with Crippen molar-refractivity contribution in [3.05, 3.63) is 140 Å². The van der Waals surface area contributed by atoms with E-state index >= 15 is 0 Å². The van der Waals surface area contributed by atoms with Crippen LogP contribution < -0.4 is 0 Å². The van der Waals surface area contributed by atoms with Crippen LogP contribution in [0.15, 0.2) is 140 Å². The highest BCUT2D eigenvalue weighted by atomic mass is 15.1. The SMILES string of the molecule is c1ccc(-n2c3ccc(-c4ccc(-c5ccc6c7c(cccc57)-c5ccccc5-6)cc4)cc3c3cncnc32)cc1. The van der Waals surface area contributed by atoms with Gasteiger partial charge in [0.05, 0.1) is 5.52 Å². The molecule has 0 N–H and O–H groups in total. The van der Waals surface area contributed by atoms with Gasteiger partial charge in [-0.25, -0.2) is 9.97 Å². The topological polar surface area (TPSA) is 30.7 Å². The summed E-state index contributed by atoms with van der Waals surface area (Å²) in [5.74, 6) is 0. The van der Waals surface area contributed by atoms with Crippen LogP contribution in [0.25, 0.3) is 82.9 Å². The number of benzene rings is 6. The lowest BCUT2D eigenvalue weighted by Gasteiger charge is -2.11. The normalized spacial score (nSPS) is 11.9. The number of hydrogen-bond acceptors (Lipinski definition) is 2. The Morgan fingerprint density at radius 1 is 0.463 bits per heavy atom. The van der Waals surface area contributed by atoms with Crippen molar-refractivity contribution < 1.29 is 0 Å². The fourth-order valence-corrected chi connectivity index (χ4v) is 6.67. The van der Waals surface area contributed by atoms with Gasteiger partial charge in [0.1, 0.15) is 12.0 Å². The Bertz CT molecular complexity index is 2270. The minimum Gasteiger partial charge on any atom is -0.294 e. The highest BCUT2D eigenvalue weighted by Crippen LogP contribution is 2.49. The second-order valence-electron chi connectivity index (χ2n) is 10.7. The molecule has 3 nitrogen and oxygen atoms in total. The molecule has 2 heterocycles.